The summed E-state index contributed by atoms with van der Waals surface area (Å²) < 4.78 is 5.12. The van der Waals surface area contributed by atoms with Gasteiger partial charge < -0.3 is 4.74 Å². The number of H-pyrrole nitrogens is 1. The third-order valence-corrected chi connectivity index (χ3v) is 4.27. The average Bonchev–Trinajstić information content (AvgIpc) is 3.15. The number of rotatable bonds is 5. The van der Waals surface area contributed by atoms with Crippen molar-refractivity contribution in [1.29, 1.82) is 0 Å². The minimum atomic E-state index is -0.409. The van der Waals surface area contributed by atoms with Crippen LogP contribution in [-0.4, -0.2) is 29.4 Å². The summed E-state index contributed by atoms with van der Waals surface area (Å²) in [5.74, 6) is 0.340. The first-order chi connectivity index (χ1) is 12.6. The molecule has 8 heteroatoms. The van der Waals surface area contributed by atoms with Gasteiger partial charge in [-0.25, -0.2) is 5.43 Å². The predicted octanol–water partition coefficient (Wildman–Crippen LogP) is 4.16. The van der Waals surface area contributed by atoms with E-state index in [0.29, 0.717) is 27.0 Å². The molecule has 0 unspecified atom stereocenters. The maximum atomic E-state index is 12.1. The van der Waals surface area contributed by atoms with Crippen LogP contribution in [0.5, 0.6) is 5.75 Å². The molecule has 6 nitrogen and oxygen atoms in total. The van der Waals surface area contributed by atoms with Crippen LogP contribution < -0.4 is 10.2 Å². The number of nitrogens with one attached hydrogen (secondary N) is 2. The Kier molecular flexibility index (Phi) is 5.55. The topological polar surface area (TPSA) is 79.4 Å². The Hall–Kier alpha value is -2.83. The molecule has 1 amide bonds. The van der Waals surface area contributed by atoms with E-state index in [1.165, 1.54) is 6.21 Å². The molecule has 0 aliphatic heterocycles. The summed E-state index contributed by atoms with van der Waals surface area (Å²) in [5.41, 5.74) is 4.94. The number of carbonyl (C=O) groups is 1. The summed E-state index contributed by atoms with van der Waals surface area (Å²) >= 11 is 11.8. The molecule has 0 spiro atoms. The third kappa shape index (κ3) is 4.22. The van der Waals surface area contributed by atoms with Crippen molar-refractivity contribution in [3.8, 4) is 17.0 Å². The molecule has 2 N–H and O–H groups in total. The normalized spacial score (nSPS) is 10.9. The smallest absolute Gasteiger partial charge is 0.289 e. The monoisotopic (exact) mass is 388 g/mol. The van der Waals surface area contributed by atoms with Gasteiger partial charge in [0.25, 0.3) is 5.91 Å². The van der Waals surface area contributed by atoms with Gasteiger partial charge in [-0.3, -0.25) is 9.89 Å². The number of methoxy groups -OCH3 is 1. The van der Waals surface area contributed by atoms with Crippen molar-refractivity contribution in [2.75, 3.05) is 7.11 Å². The minimum Gasteiger partial charge on any atom is -0.497 e. The van der Waals surface area contributed by atoms with Gasteiger partial charge in [-0.1, -0.05) is 29.3 Å². The molecule has 1 aromatic heterocycles. The van der Waals surface area contributed by atoms with E-state index in [0.717, 1.165) is 11.3 Å². The molecule has 3 aromatic rings. The largest absolute Gasteiger partial charge is 0.497 e. The van der Waals surface area contributed by atoms with Crippen molar-refractivity contribution in [3.05, 3.63) is 69.8 Å². The molecule has 3 rings (SSSR count). The van der Waals surface area contributed by atoms with Gasteiger partial charge in [0.1, 0.15) is 11.4 Å². The molecule has 2 aromatic carbocycles. The molecule has 0 aliphatic rings. The predicted molar refractivity (Wildman–Crippen MR) is 102 cm³/mol. The first kappa shape index (κ1) is 18.0. The zero-order valence-corrected chi connectivity index (χ0v) is 15.2. The molecular weight excluding hydrogens is 375 g/mol. The van der Waals surface area contributed by atoms with Crippen LogP contribution in [0.1, 0.15) is 16.1 Å². The number of aromatic amines is 1. The second-order valence-electron chi connectivity index (χ2n) is 5.27. The average molecular weight is 389 g/mol. The maximum absolute atomic E-state index is 12.1. The number of hydrazone groups is 1. The van der Waals surface area contributed by atoms with Crippen molar-refractivity contribution < 1.29 is 9.53 Å². The zero-order valence-electron chi connectivity index (χ0n) is 13.7. The van der Waals surface area contributed by atoms with Crippen LogP contribution in [0.25, 0.3) is 11.3 Å². The van der Waals surface area contributed by atoms with Crippen molar-refractivity contribution in [3.63, 3.8) is 0 Å². The van der Waals surface area contributed by atoms with Crippen LogP contribution in [0.4, 0.5) is 0 Å². The van der Waals surface area contributed by atoms with Gasteiger partial charge in [-0.15, -0.1) is 0 Å². The Bertz CT molecular complexity index is 952. The quantitative estimate of drug-likeness (QED) is 0.508. The Labute approximate surface area is 159 Å². The molecule has 132 valence electrons. The van der Waals surface area contributed by atoms with Gasteiger partial charge in [0, 0.05) is 5.56 Å². The molecule has 0 radical (unpaired) electrons. The number of aromatic nitrogens is 2. The Morgan fingerprint density at radius 3 is 2.62 bits per heavy atom. The van der Waals surface area contributed by atoms with Crippen LogP contribution in [0.15, 0.2) is 53.6 Å². The highest BCUT2D eigenvalue weighted by atomic mass is 35.5. The third-order valence-electron chi connectivity index (χ3n) is 3.53. The molecule has 1 heterocycles. The summed E-state index contributed by atoms with van der Waals surface area (Å²) in [5, 5.41) is 11.6. The van der Waals surface area contributed by atoms with Crippen molar-refractivity contribution >= 4 is 35.3 Å². The summed E-state index contributed by atoms with van der Waals surface area (Å²) in [6, 6.07) is 14.1. The second-order valence-corrected chi connectivity index (χ2v) is 6.08. The maximum Gasteiger partial charge on any atom is 0.289 e. The Morgan fingerprint density at radius 1 is 1.15 bits per heavy atom. The number of benzene rings is 2. The van der Waals surface area contributed by atoms with E-state index < -0.39 is 5.91 Å². The van der Waals surface area contributed by atoms with Crippen LogP contribution >= 0.6 is 23.2 Å². The van der Waals surface area contributed by atoms with Crippen molar-refractivity contribution in [2.45, 2.75) is 0 Å². The van der Waals surface area contributed by atoms with Gasteiger partial charge in [-0.05, 0) is 48.0 Å². The number of ether oxygens (including phenoxy) is 1. The Morgan fingerprint density at radius 2 is 1.92 bits per heavy atom. The molecule has 0 fully saturated rings. The summed E-state index contributed by atoms with van der Waals surface area (Å²) in [6.45, 7) is 0. The second kappa shape index (κ2) is 8.03. The van der Waals surface area contributed by atoms with Crippen molar-refractivity contribution in [2.24, 2.45) is 5.10 Å². The number of hydrogen-bond donors (Lipinski definition) is 2. The lowest BCUT2D eigenvalue weighted by atomic mass is 10.1. The first-order valence-corrected chi connectivity index (χ1v) is 8.30. The lowest BCUT2D eigenvalue weighted by molar-refractivity contribution is 0.0950. The van der Waals surface area contributed by atoms with Gasteiger partial charge in [0.05, 0.1) is 29.1 Å². The zero-order chi connectivity index (χ0) is 18.5. The number of halogens is 2. The molecule has 0 saturated heterocycles. The van der Waals surface area contributed by atoms with E-state index in [2.05, 4.69) is 20.7 Å². The first-order valence-electron chi connectivity index (χ1n) is 7.55. The summed E-state index contributed by atoms with van der Waals surface area (Å²) in [6.07, 6.45) is 1.47. The number of carbonyl (C=O) groups excluding carboxylic acids is 1. The van der Waals surface area contributed by atoms with E-state index >= 15 is 0 Å². The van der Waals surface area contributed by atoms with E-state index in [1.54, 1.807) is 31.4 Å². The molecule has 0 bridgehead atoms. The molecular formula is C18H14Cl2N4O2. The van der Waals surface area contributed by atoms with Crippen molar-refractivity contribution in [1.82, 2.24) is 15.6 Å². The van der Waals surface area contributed by atoms with Crippen LogP contribution in [0.3, 0.4) is 0 Å². The van der Waals surface area contributed by atoms with Crippen LogP contribution in [0.2, 0.25) is 10.0 Å². The number of amides is 1. The van der Waals surface area contributed by atoms with E-state index in [4.69, 9.17) is 27.9 Å². The highest BCUT2D eigenvalue weighted by Crippen LogP contribution is 2.22. The van der Waals surface area contributed by atoms with Gasteiger partial charge >= 0.3 is 0 Å². The van der Waals surface area contributed by atoms with E-state index in [9.17, 15) is 4.79 Å². The number of hydrogen-bond acceptors (Lipinski definition) is 4. The van der Waals surface area contributed by atoms with E-state index in [-0.39, 0.29) is 0 Å². The standard InChI is InChI=1S/C18H14Cl2N4O2/c1-26-13-5-3-12(4-6-13)16-9-17(23-22-16)18(25)24-21-10-11-2-7-14(19)15(20)8-11/h2-10H,1H3,(H,22,23)(H,24,25)/b21-10-. The van der Waals surface area contributed by atoms with Gasteiger partial charge in [-0.2, -0.15) is 10.2 Å². The van der Waals surface area contributed by atoms with E-state index in [1.807, 2.05) is 24.3 Å². The Balaban J connectivity index is 1.65. The summed E-state index contributed by atoms with van der Waals surface area (Å²) in [7, 11) is 1.60. The highest BCUT2D eigenvalue weighted by molar-refractivity contribution is 6.42. The molecule has 0 aliphatic carbocycles. The fourth-order valence-corrected chi connectivity index (χ4v) is 2.47. The van der Waals surface area contributed by atoms with Crippen LogP contribution in [-0.2, 0) is 0 Å². The lowest BCUT2D eigenvalue weighted by Gasteiger charge is -2.00. The highest BCUT2D eigenvalue weighted by Gasteiger charge is 2.10. The summed E-state index contributed by atoms with van der Waals surface area (Å²) in [4.78, 5) is 12.1. The van der Waals surface area contributed by atoms with Gasteiger partial charge in [0.2, 0.25) is 0 Å². The number of nitrogens with zero attached hydrogens (tertiary/aromatic N) is 2. The fraction of sp³-hybridized carbons (Fsp3) is 0.0556. The minimum absolute atomic E-state index is 0.294. The molecule has 0 saturated carbocycles. The SMILES string of the molecule is COc1ccc(-c2cc(C(=O)N/N=C\c3ccc(Cl)c(Cl)c3)[nH]n2)cc1. The van der Waals surface area contributed by atoms with Gasteiger partial charge in [0.15, 0.2) is 0 Å². The van der Waals surface area contributed by atoms with Crippen LogP contribution in [0, 0.1) is 0 Å². The fourth-order valence-electron chi connectivity index (χ4n) is 2.17. The lowest BCUT2D eigenvalue weighted by Crippen LogP contribution is -2.18. The molecule has 26 heavy (non-hydrogen) atoms. The molecule has 0 atom stereocenters.